The topological polar surface area (TPSA) is 90.3 Å². The van der Waals surface area contributed by atoms with Crippen LogP contribution >= 0.6 is 0 Å². The maximum absolute atomic E-state index is 13.4. The highest BCUT2D eigenvalue weighted by Gasteiger charge is 2.50. The third-order valence-corrected chi connectivity index (χ3v) is 10.6. The maximum Gasteiger partial charge on any atom is 0.225 e. The quantitative estimate of drug-likeness (QED) is 0.214. The Labute approximate surface area is 244 Å². The lowest BCUT2D eigenvalue weighted by atomic mass is 9.95. The van der Waals surface area contributed by atoms with E-state index in [0.29, 0.717) is 6.54 Å². The minimum atomic E-state index is -2.65. The Kier molecular flexibility index (Phi) is 10.5. The molecule has 0 aromatic heterocycles. The summed E-state index contributed by atoms with van der Waals surface area (Å²) in [4.78, 5) is 39.9. The summed E-state index contributed by atoms with van der Waals surface area (Å²) in [5.41, 5.74) is 3.62. The van der Waals surface area contributed by atoms with Crippen LogP contribution in [0.1, 0.15) is 30.9 Å². The van der Waals surface area contributed by atoms with Crippen LogP contribution in [0.5, 0.6) is 0 Å². The number of hydrogen-bond acceptors (Lipinski definition) is 5. The van der Waals surface area contributed by atoms with Crippen LogP contribution in [0.2, 0.25) is 18.6 Å². The molecule has 2 amide bonds. The van der Waals surface area contributed by atoms with Crippen molar-refractivity contribution in [1.29, 1.82) is 0 Å². The number of carbonyl (C=O) groups is 2. The second-order valence-corrected chi connectivity index (χ2v) is 15.5. The molecule has 0 spiro atoms. The average molecular weight is 575 g/mol. The summed E-state index contributed by atoms with van der Waals surface area (Å²) in [5.74, 6) is 0.0189. The number of aliphatic hydroxyl groups excluding tert-OH is 1. The maximum atomic E-state index is 13.4. The van der Waals surface area contributed by atoms with Gasteiger partial charge in [0, 0.05) is 30.0 Å². The first-order valence-corrected chi connectivity index (χ1v) is 17.4. The summed E-state index contributed by atoms with van der Waals surface area (Å²) in [7, 11) is -2.65. The normalized spacial score (nSPS) is 20.5. The van der Waals surface area contributed by atoms with Crippen molar-refractivity contribution in [3.8, 4) is 0 Å². The van der Waals surface area contributed by atoms with Crippen molar-refractivity contribution in [1.82, 2.24) is 4.90 Å². The molecule has 3 aromatic carbocycles. The second-order valence-electron chi connectivity index (χ2n) is 11.5. The number of nitrogens with zero attached hydrogens (tertiary/aromatic N) is 2. The van der Waals surface area contributed by atoms with Gasteiger partial charge in [0.1, 0.15) is 0 Å². The molecule has 0 aliphatic carbocycles. The third-order valence-electron chi connectivity index (χ3n) is 8.08. The van der Waals surface area contributed by atoms with E-state index in [1.54, 1.807) is 9.80 Å². The first-order chi connectivity index (χ1) is 19.7. The summed E-state index contributed by atoms with van der Waals surface area (Å²) in [5, 5.41) is 9.62. The van der Waals surface area contributed by atoms with Crippen molar-refractivity contribution in [3.63, 3.8) is 0 Å². The molecule has 0 saturated carbocycles. The summed E-state index contributed by atoms with van der Waals surface area (Å²) in [6.45, 7) is 6.54. The molecular formula is C33H42N2O5Si. The molecule has 1 fully saturated rings. The summed E-state index contributed by atoms with van der Waals surface area (Å²) in [6, 6.07) is 27.2. The Bertz CT molecular complexity index is 1270. The Hall–Kier alpha value is -3.30. The highest BCUT2D eigenvalue weighted by Crippen LogP contribution is 2.45. The number of benzene rings is 3. The number of aryl methyl sites for hydroxylation is 1. The fourth-order valence-corrected chi connectivity index (χ4v) is 8.76. The van der Waals surface area contributed by atoms with Crippen molar-refractivity contribution < 1.29 is 24.2 Å². The Morgan fingerprint density at radius 3 is 2.20 bits per heavy atom. The van der Waals surface area contributed by atoms with Gasteiger partial charge in [-0.05, 0) is 67.2 Å². The van der Waals surface area contributed by atoms with E-state index in [-0.39, 0.29) is 49.1 Å². The number of ether oxygens (including phenoxy) is 1. The lowest BCUT2D eigenvalue weighted by Crippen LogP contribution is -2.42. The van der Waals surface area contributed by atoms with Crippen LogP contribution in [0.3, 0.4) is 0 Å². The van der Waals surface area contributed by atoms with Crippen molar-refractivity contribution in [2.45, 2.75) is 63.6 Å². The number of para-hydroxylation sites is 1. The van der Waals surface area contributed by atoms with Crippen molar-refractivity contribution >= 4 is 32.0 Å². The monoisotopic (exact) mass is 574 g/mol. The first kappa shape index (κ1) is 30.7. The van der Waals surface area contributed by atoms with E-state index < -0.39 is 8.32 Å². The van der Waals surface area contributed by atoms with E-state index in [9.17, 15) is 19.5 Å². The van der Waals surface area contributed by atoms with Gasteiger partial charge < -0.3 is 19.5 Å². The third kappa shape index (κ3) is 7.92. The molecule has 1 aliphatic rings. The van der Waals surface area contributed by atoms with Gasteiger partial charge in [0.05, 0.1) is 25.2 Å². The molecule has 3 aromatic rings. The van der Waals surface area contributed by atoms with E-state index in [1.807, 2.05) is 92.0 Å². The molecule has 1 aliphatic heterocycles. The van der Waals surface area contributed by atoms with Crippen LogP contribution in [0.4, 0.5) is 11.4 Å². The van der Waals surface area contributed by atoms with Gasteiger partial charge >= 0.3 is 0 Å². The van der Waals surface area contributed by atoms with E-state index in [4.69, 9.17) is 4.74 Å². The lowest BCUT2D eigenvalue weighted by Gasteiger charge is -2.31. The zero-order chi connectivity index (χ0) is 29.4. The number of aliphatic hydroxyl groups is 1. The largest absolute Gasteiger partial charge is 0.432 e. The fraction of sp³-hybridized carbons (Fsp3) is 0.394. The van der Waals surface area contributed by atoms with Crippen molar-refractivity contribution in [2.24, 2.45) is 5.92 Å². The molecule has 7 nitrogen and oxygen atoms in total. The summed E-state index contributed by atoms with van der Waals surface area (Å²) >= 11 is 0. The number of carbonyl (C=O) groups excluding carboxylic acids is 2. The molecule has 218 valence electrons. The second kappa shape index (κ2) is 14.0. The zero-order valence-corrected chi connectivity index (χ0v) is 25.2. The Balaban J connectivity index is 1.45. The van der Waals surface area contributed by atoms with Gasteiger partial charge in [-0.1, -0.05) is 67.6 Å². The summed E-state index contributed by atoms with van der Waals surface area (Å²) < 4.78 is 6.55. The van der Waals surface area contributed by atoms with Crippen LogP contribution in [0, 0.1) is 5.92 Å². The van der Waals surface area contributed by atoms with Gasteiger partial charge in [-0.2, -0.15) is 0 Å². The molecule has 8 heteroatoms. The molecule has 4 atom stereocenters. The first-order valence-electron chi connectivity index (χ1n) is 14.4. The van der Waals surface area contributed by atoms with Crippen LogP contribution < -0.4 is 4.90 Å². The highest BCUT2D eigenvalue weighted by molar-refractivity contribution is 6.71. The fourth-order valence-electron chi connectivity index (χ4n) is 6.15. The molecule has 2 N–H and O–H groups in total. The molecule has 1 saturated heterocycles. The predicted octanol–water partition coefficient (Wildman–Crippen LogP) is 5.30. The average Bonchev–Trinajstić information content (AvgIpc) is 3.28. The number of hydrogen-bond donors (Lipinski definition) is 2. The van der Waals surface area contributed by atoms with E-state index in [0.717, 1.165) is 41.8 Å². The van der Waals surface area contributed by atoms with E-state index >= 15 is 0 Å². The molecule has 0 radical (unpaired) electrons. The van der Waals surface area contributed by atoms with Crippen LogP contribution in [0.15, 0.2) is 84.9 Å². The SMILES string of the molecule is C[C@H]1[C@H]([Si](C)(C)O)[C@@H](CC(=O)N(CCO)Cc2ccccc2)O[C@H]1CCc1cccc(N(C=O)c2ccccc2)c1. The van der Waals surface area contributed by atoms with Crippen molar-refractivity contribution in [3.05, 3.63) is 96.1 Å². The minimum absolute atomic E-state index is 0.0772. The molecular weight excluding hydrogens is 532 g/mol. The van der Waals surface area contributed by atoms with Gasteiger partial charge in [0.2, 0.25) is 12.3 Å². The van der Waals surface area contributed by atoms with Crippen molar-refractivity contribution in [2.75, 3.05) is 18.1 Å². The molecule has 41 heavy (non-hydrogen) atoms. The highest BCUT2D eigenvalue weighted by atomic mass is 28.4. The van der Waals surface area contributed by atoms with Gasteiger partial charge in [-0.3, -0.25) is 14.5 Å². The van der Waals surface area contributed by atoms with Gasteiger partial charge in [0.25, 0.3) is 0 Å². The van der Waals surface area contributed by atoms with Crippen LogP contribution in [-0.2, 0) is 27.3 Å². The summed E-state index contributed by atoms with van der Waals surface area (Å²) in [6.07, 6.45) is 2.02. The van der Waals surface area contributed by atoms with Gasteiger partial charge in [-0.25, -0.2) is 0 Å². The van der Waals surface area contributed by atoms with Gasteiger partial charge in [-0.15, -0.1) is 0 Å². The van der Waals surface area contributed by atoms with Crippen LogP contribution in [-0.4, -0.2) is 60.8 Å². The number of rotatable bonds is 13. The predicted molar refractivity (Wildman–Crippen MR) is 164 cm³/mol. The molecule has 4 rings (SSSR count). The standard InChI is InChI=1S/C33H42N2O5Si/c1-25-30(18-17-26-13-10-16-29(21-26)35(24-37)28-14-8-5-9-15-28)40-31(33(25)41(2,3)39)22-32(38)34(19-20-36)23-27-11-6-4-7-12-27/h4-16,21,24-25,30-31,33,36,39H,17-20,22-23H2,1-3H3/t25-,30+,31-,33+/m1/s1. The number of amides is 2. The van der Waals surface area contributed by atoms with E-state index in [1.165, 1.54) is 0 Å². The van der Waals surface area contributed by atoms with E-state index in [2.05, 4.69) is 13.0 Å². The molecule has 0 bridgehead atoms. The molecule has 1 heterocycles. The minimum Gasteiger partial charge on any atom is -0.432 e. The zero-order valence-electron chi connectivity index (χ0n) is 24.2. The van der Waals surface area contributed by atoms with Crippen LogP contribution in [0.25, 0.3) is 0 Å². The lowest BCUT2D eigenvalue weighted by molar-refractivity contribution is -0.135. The molecule has 0 unspecified atom stereocenters. The Morgan fingerprint density at radius 2 is 1.56 bits per heavy atom. The Morgan fingerprint density at radius 1 is 0.927 bits per heavy atom. The number of anilines is 2. The smallest absolute Gasteiger partial charge is 0.225 e. The van der Waals surface area contributed by atoms with Gasteiger partial charge in [0.15, 0.2) is 8.32 Å².